The number of halogens is 3. The number of hydrogen-bond donors (Lipinski definition) is 0. The molecule has 0 aliphatic carbocycles. The monoisotopic (exact) mass is 310 g/mol. The maximum Gasteiger partial charge on any atom is 0.170 e. The van der Waals surface area contributed by atoms with Gasteiger partial charge in [0.2, 0.25) is 0 Å². The first-order valence-electron chi connectivity index (χ1n) is 6.23. The highest BCUT2D eigenvalue weighted by atomic mass is 35.5. The predicted molar refractivity (Wildman–Crippen MR) is 77.1 cm³/mol. The second-order valence-corrected chi connectivity index (χ2v) is 5.07. The summed E-state index contributed by atoms with van der Waals surface area (Å²) in [5.74, 6) is -1.66. The second kappa shape index (κ2) is 6.22. The van der Waals surface area contributed by atoms with Crippen LogP contribution in [-0.2, 0) is 6.42 Å². The summed E-state index contributed by atoms with van der Waals surface area (Å²) in [5.41, 5.74) is 1.25. The lowest BCUT2D eigenvalue weighted by atomic mass is 10.0. The molecule has 2 nitrogen and oxygen atoms in total. The van der Waals surface area contributed by atoms with Gasteiger partial charge >= 0.3 is 0 Å². The van der Waals surface area contributed by atoms with Crippen LogP contribution in [0.3, 0.4) is 0 Å². The average molecular weight is 311 g/mol. The molecule has 0 aromatic heterocycles. The summed E-state index contributed by atoms with van der Waals surface area (Å²) in [6.07, 6.45) is -0.0805. The van der Waals surface area contributed by atoms with Crippen LogP contribution in [0.5, 0.6) is 5.75 Å². The highest BCUT2D eigenvalue weighted by Crippen LogP contribution is 2.24. The molecule has 0 amide bonds. The molecule has 5 heteroatoms. The van der Waals surface area contributed by atoms with Gasteiger partial charge in [-0.15, -0.1) is 0 Å². The second-order valence-electron chi connectivity index (χ2n) is 4.66. The van der Waals surface area contributed by atoms with E-state index in [-0.39, 0.29) is 17.0 Å². The lowest BCUT2D eigenvalue weighted by molar-refractivity contribution is 0.0987. The van der Waals surface area contributed by atoms with Gasteiger partial charge in [0.1, 0.15) is 17.4 Å². The molecule has 2 aromatic rings. The van der Waals surface area contributed by atoms with Crippen LogP contribution in [-0.4, -0.2) is 12.9 Å². The van der Waals surface area contributed by atoms with Crippen LogP contribution in [0.25, 0.3) is 0 Å². The Labute approximate surface area is 126 Å². The largest absolute Gasteiger partial charge is 0.496 e. The molecule has 2 aromatic carbocycles. The van der Waals surface area contributed by atoms with Crippen molar-refractivity contribution in [1.29, 1.82) is 0 Å². The number of aryl methyl sites for hydroxylation is 1. The summed E-state index contributed by atoms with van der Waals surface area (Å²) < 4.78 is 32.3. The van der Waals surface area contributed by atoms with E-state index in [2.05, 4.69) is 0 Å². The third-order valence-electron chi connectivity index (χ3n) is 3.10. The molecular formula is C16H13ClF2O2. The number of carbonyl (C=O) groups excluding carboxylic acids is 1. The molecule has 0 aliphatic heterocycles. The Morgan fingerprint density at radius 3 is 2.57 bits per heavy atom. The predicted octanol–water partition coefficient (Wildman–Crippen LogP) is 4.36. The van der Waals surface area contributed by atoms with Crippen molar-refractivity contribution in [1.82, 2.24) is 0 Å². The Hall–Kier alpha value is -1.94. The van der Waals surface area contributed by atoms with Gasteiger partial charge in [-0.3, -0.25) is 4.79 Å². The standard InChI is InChI=1S/C16H13ClF2O2/c1-9-3-4-16(21-2)10(5-9)6-15(20)11-7-14(19)12(17)8-13(11)18/h3-5,7-8H,6H2,1-2H3. The van der Waals surface area contributed by atoms with Gasteiger partial charge in [-0.1, -0.05) is 29.3 Å². The van der Waals surface area contributed by atoms with Gasteiger partial charge in [-0.05, 0) is 25.1 Å². The number of hydrogen-bond acceptors (Lipinski definition) is 2. The summed E-state index contributed by atoms with van der Waals surface area (Å²) in [6.45, 7) is 1.87. The van der Waals surface area contributed by atoms with Gasteiger partial charge in [0.25, 0.3) is 0 Å². The average Bonchev–Trinajstić information content (AvgIpc) is 2.43. The van der Waals surface area contributed by atoms with Crippen molar-refractivity contribution in [3.8, 4) is 5.75 Å². The summed E-state index contributed by atoms with van der Waals surface area (Å²) in [4.78, 5) is 12.2. The minimum atomic E-state index is -0.835. The topological polar surface area (TPSA) is 26.3 Å². The Morgan fingerprint density at radius 1 is 1.19 bits per heavy atom. The zero-order valence-electron chi connectivity index (χ0n) is 11.5. The van der Waals surface area contributed by atoms with Crippen molar-refractivity contribution in [2.24, 2.45) is 0 Å². The van der Waals surface area contributed by atoms with Crippen molar-refractivity contribution in [2.75, 3.05) is 7.11 Å². The third-order valence-corrected chi connectivity index (χ3v) is 3.39. The van der Waals surface area contributed by atoms with Crippen molar-refractivity contribution in [3.63, 3.8) is 0 Å². The number of ether oxygens (including phenoxy) is 1. The van der Waals surface area contributed by atoms with E-state index in [1.807, 2.05) is 13.0 Å². The molecule has 0 radical (unpaired) electrons. The van der Waals surface area contributed by atoms with Crippen LogP contribution >= 0.6 is 11.6 Å². The Bertz CT molecular complexity index is 699. The molecule has 110 valence electrons. The number of Topliss-reactive ketones (excluding diaryl/α,β-unsaturated/α-hetero) is 1. The van der Waals surface area contributed by atoms with E-state index in [1.54, 1.807) is 12.1 Å². The summed E-state index contributed by atoms with van der Waals surface area (Å²) in [6, 6.07) is 6.98. The first-order chi connectivity index (χ1) is 9.92. The van der Waals surface area contributed by atoms with E-state index in [4.69, 9.17) is 16.3 Å². The lowest BCUT2D eigenvalue weighted by Gasteiger charge is -2.09. The zero-order valence-corrected chi connectivity index (χ0v) is 12.3. The summed E-state index contributed by atoms with van der Waals surface area (Å²) in [7, 11) is 1.49. The minimum absolute atomic E-state index is 0.0805. The number of benzene rings is 2. The smallest absolute Gasteiger partial charge is 0.170 e. The maximum absolute atomic E-state index is 13.7. The highest BCUT2D eigenvalue weighted by Gasteiger charge is 2.17. The van der Waals surface area contributed by atoms with E-state index in [0.717, 1.165) is 17.7 Å². The summed E-state index contributed by atoms with van der Waals surface area (Å²) in [5, 5.41) is -0.350. The van der Waals surface area contributed by atoms with Crippen LogP contribution in [0.4, 0.5) is 8.78 Å². The normalized spacial score (nSPS) is 10.5. The molecule has 0 bridgehead atoms. The van der Waals surface area contributed by atoms with Gasteiger partial charge in [0.15, 0.2) is 5.78 Å². The fraction of sp³-hybridized carbons (Fsp3) is 0.188. The molecule has 0 unspecified atom stereocenters. The van der Waals surface area contributed by atoms with E-state index < -0.39 is 17.4 Å². The molecule has 0 saturated heterocycles. The maximum atomic E-state index is 13.7. The molecular weight excluding hydrogens is 298 g/mol. The molecule has 0 spiro atoms. The van der Waals surface area contributed by atoms with Crippen LogP contribution in [0.15, 0.2) is 30.3 Å². The molecule has 0 saturated carbocycles. The van der Waals surface area contributed by atoms with E-state index in [9.17, 15) is 13.6 Å². The number of rotatable bonds is 4. The van der Waals surface area contributed by atoms with E-state index in [0.29, 0.717) is 11.3 Å². The molecule has 0 aliphatic rings. The first kappa shape index (κ1) is 15.4. The molecule has 2 rings (SSSR count). The lowest BCUT2D eigenvalue weighted by Crippen LogP contribution is -2.08. The molecule has 0 N–H and O–H groups in total. The molecule has 0 fully saturated rings. The third kappa shape index (κ3) is 3.39. The van der Waals surface area contributed by atoms with Gasteiger partial charge in [-0.25, -0.2) is 8.78 Å². The molecule has 0 atom stereocenters. The Balaban J connectivity index is 2.34. The fourth-order valence-corrected chi connectivity index (χ4v) is 2.20. The molecule has 21 heavy (non-hydrogen) atoms. The molecule has 0 heterocycles. The van der Waals surface area contributed by atoms with Gasteiger partial charge in [0, 0.05) is 12.0 Å². The SMILES string of the molecule is COc1ccc(C)cc1CC(=O)c1cc(F)c(Cl)cc1F. The van der Waals surface area contributed by atoms with Crippen molar-refractivity contribution < 1.29 is 18.3 Å². The van der Waals surface area contributed by atoms with Crippen LogP contribution in [0, 0.1) is 18.6 Å². The quantitative estimate of drug-likeness (QED) is 0.619. The van der Waals surface area contributed by atoms with Gasteiger partial charge < -0.3 is 4.74 Å². The number of carbonyl (C=O) groups is 1. The minimum Gasteiger partial charge on any atom is -0.496 e. The van der Waals surface area contributed by atoms with Crippen LogP contribution < -0.4 is 4.74 Å². The van der Waals surface area contributed by atoms with Crippen LogP contribution in [0.2, 0.25) is 5.02 Å². The fourth-order valence-electron chi connectivity index (χ4n) is 2.05. The highest BCUT2D eigenvalue weighted by molar-refractivity contribution is 6.30. The Morgan fingerprint density at radius 2 is 1.90 bits per heavy atom. The van der Waals surface area contributed by atoms with Crippen LogP contribution in [0.1, 0.15) is 21.5 Å². The van der Waals surface area contributed by atoms with E-state index >= 15 is 0 Å². The van der Waals surface area contributed by atoms with Gasteiger partial charge in [0.05, 0.1) is 17.7 Å². The van der Waals surface area contributed by atoms with Crippen molar-refractivity contribution in [3.05, 3.63) is 63.7 Å². The van der Waals surface area contributed by atoms with Crippen molar-refractivity contribution in [2.45, 2.75) is 13.3 Å². The first-order valence-corrected chi connectivity index (χ1v) is 6.61. The zero-order chi connectivity index (χ0) is 15.6. The van der Waals surface area contributed by atoms with Crippen molar-refractivity contribution >= 4 is 17.4 Å². The number of methoxy groups -OCH3 is 1. The Kier molecular flexibility index (Phi) is 4.58. The van der Waals surface area contributed by atoms with Gasteiger partial charge in [-0.2, -0.15) is 0 Å². The number of ketones is 1. The van der Waals surface area contributed by atoms with E-state index in [1.165, 1.54) is 7.11 Å². The summed E-state index contributed by atoms with van der Waals surface area (Å²) >= 11 is 5.47.